The van der Waals surface area contributed by atoms with Gasteiger partial charge in [0.2, 0.25) is 0 Å². The molecule has 0 saturated carbocycles. The Kier molecular flexibility index (Phi) is 3.28. The van der Waals surface area contributed by atoms with E-state index in [-0.39, 0.29) is 5.78 Å². The van der Waals surface area contributed by atoms with Crippen LogP contribution >= 0.6 is 0 Å². The Morgan fingerprint density at radius 3 is 2.47 bits per heavy atom. The van der Waals surface area contributed by atoms with Gasteiger partial charge < -0.3 is 0 Å². The third-order valence-electron chi connectivity index (χ3n) is 3.64. The minimum absolute atomic E-state index is 0.206. The Morgan fingerprint density at radius 1 is 0.895 bits per heavy atom. The van der Waals surface area contributed by atoms with E-state index in [1.54, 1.807) is 0 Å². The van der Waals surface area contributed by atoms with Gasteiger partial charge in [0.15, 0.2) is 5.78 Å². The van der Waals surface area contributed by atoms with Gasteiger partial charge in [0.05, 0.1) is 0 Å². The monoisotopic (exact) mass is 248 g/mol. The third kappa shape index (κ3) is 2.50. The maximum atomic E-state index is 12.4. The number of carbonyl (C=O) groups is 1. The van der Waals surface area contributed by atoms with Crippen molar-refractivity contribution in [3.8, 4) is 0 Å². The summed E-state index contributed by atoms with van der Waals surface area (Å²) in [5, 5.41) is 0. The van der Waals surface area contributed by atoms with Crippen LogP contribution in [0.4, 0.5) is 0 Å². The van der Waals surface area contributed by atoms with Crippen molar-refractivity contribution in [2.24, 2.45) is 0 Å². The van der Waals surface area contributed by atoms with Crippen LogP contribution in [-0.2, 0) is 12.8 Å². The zero-order valence-electron chi connectivity index (χ0n) is 10.8. The predicted octanol–water partition coefficient (Wildman–Crippen LogP) is 3.98. The van der Waals surface area contributed by atoms with Gasteiger partial charge in [0.1, 0.15) is 0 Å². The highest BCUT2D eigenvalue weighted by atomic mass is 16.1. The number of Topliss-reactive ketones (excluding diaryl/α,β-unsaturated/α-hetero) is 1. The van der Waals surface area contributed by atoms with Crippen molar-refractivity contribution in [2.45, 2.75) is 19.3 Å². The summed E-state index contributed by atoms with van der Waals surface area (Å²) in [6, 6.07) is 18.2. The van der Waals surface area contributed by atoms with Crippen LogP contribution < -0.4 is 0 Å². The molecule has 1 nitrogen and oxygen atoms in total. The van der Waals surface area contributed by atoms with Crippen LogP contribution in [0.3, 0.4) is 0 Å². The number of allylic oxidation sites excluding steroid dienone is 2. The molecule has 0 spiro atoms. The highest BCUT2D eigenvalue weighted by Crippen LogP contribution is 2.25. The summed E-state index contributed by atoms with van der Waals surface area (Å²) in [4.78, 5) is 12.4. The molecule has 94 valence electrons. The molecule has 0 bridgehead atoms. The molecule has 0 radical (unpaired) electrons. The topological polar surface area (TPSA) is 17.1 Å². The van der Waals surface area contributed by atoms with Gasteiger partial charge in [-0.05, 0) is 36.0 Å². The highest BCUT2D eigenvalue weighted by molar-refractivity contribution is 6.10. The van der Waals surface area contributed by atoms with Crippen LogP contribution in [0.25, 0.3) is 0 Å². The van der Waals surface area contributed by atoms with Crippen LogP contribution in [-0.4, -0.2) is 5.78 Å². The summed E-state index contributed by atoms with van der Waals surface area (Å²) in [6.45, 7) is 0. The van der Waals surface area contributed by atoms with Crippen LogP contribution in [0.1, 0.15) is 27.9 Å². The zero-order valence-corrected chi connectivity index (χ0v) is 10.8. The first-order chi connectivity index (χ1) is 9.34. The van der Waals surface area contributed by atoms with Gasteiger partial charge >= 0.3 is 0 Å². The van der Waals surface area contributed by atoms with Crippen LogP contribution in [0.15, 0.2) is 66.2 Å². The fraction of sp³-hybridized carbons (Fsp3) is 0.167. The molecule has 0 saturated heterocycles. The molecule has 1 aliphatic carbocycles. The van der Waals surface area contributed by atoms with Gasteiger partial charge in [-0.1, -0.05) is 60.7 Å². The molecule has 3 rings (SSSR count). The second-order valence-corrected chi connectivity index (χ2v) is 4.91. The number of hydrogen-bond donors (Lipinski definition) is 0. The maximum Gasteiger partial charge on any atom is 0.188 e. The van der Waals surface area contributed by atoms with Gasteiger partial charge in [-0.15, -0.1) is 0 Å². The van der Waals surface area contributed by atoms with Crippen molar-refractivity contribution < 1.29 is 4.79 Å². The molecule has 0 aromatic heterocycles. The lowest BCUT2D eigenvalue weighted by Crippen LogP contribution is -2.14. The number of aryl methyl sites for hydroxylation is 1. The first-order valence-corrected chi connectivity index (χ1v) is 6.70. The SMILES string of the molecule is O=C1/C(=C/Cc2ccccc2)CCc2ccccc21. The van der Waals surface area contributed by atoms with Gasteiger partial charge in [0.25, 0.3) is 0 Å². The largest absolute Gasteiger partial charge is 0.289 e. The second-order valence-electron chi connectivity index (χ2n) is 4.91. The molecular formula is C18H16O. The van der Waals surface area contributed by atoms with E-state index < -0.39 is 0 Å². The molecule has 0 heterocycles. The molecule has 0 unspecified atom stereocenters. The van der Waals surface area contributed by atoms with Crippen molar-refractivity contribution >= 4 is 5.78 Å². The van der Waals surface area contributed by atoms with Crippen LogP contribution in [0, 0.1) is 0 Å². The van der Waals surface area contributed by atoms with Gasteiger partial charge in [-0.3, -0.25) is 4.79 Å². The fourth-order valence-electron chi connectivity index (χ4n) is 2.57. The Bertz CT molecular complexity index is 623. The van der Waals surface area contributed by atoms with E-state index in [9.17, 15) is 4.79 Å². The van der Waals surface area contributed by atoms with Gasteiger partial charge in [0, 0.05) is 5.56 Å². The molecule has 0 N–H and O–H groups in total. The van der Waals surface area contributed by atoms with Crippen LogP contribution in [0.5, 0.6) is 0 Å². The van der Waals surface area contributed by atoms with E-state index in [0.29, 0.717) is 0 Å². The zero-order chi connectivity index (χ0) is 13.1. The lowest BCUT2D eigenvalue weighted by atomic mass is 9.86. The molecular weight excluding hydrogens is 232 g/mol. The number of hydrogen-bond acceptors (Lipinski definition) is 1. The maximum absolute atomic E-state index is 12.4. The molecule has 1 heteroatoms. The Hall–Kier alpha value is -2.15. The van der Waals surface area contributed by atoms with Crippen molar-refractivity contribution in [3.63, 3.8) is 0 Å². The summed E-state index contributed by atoms with van der Waals surface area (Å²) in [7, 11) is 0. The normalized spacial score (nSPS) is 16.4. The summed E-state index contributed by atoms with van der Waals surface area (Å²) >= 11 is 0. The lowest BCUT2D eigenvalue weighted by Gasteiger charge is -2.17. The first kappa shape index (κ1) is 11.9. The average molecular weight is 248 g/mol. The summed E-state index contributed by atoms with van der Waals surface area (Å²) in [5.41, 5.74) is 4.28. The number of carbonyl (C=O) groups excluding carboxylic acids is 1. The third-order valence-corrected chi connectivity index (χ3v) is 3.64. The molecule has 1 aliphatic rings. The quantitative estimate of drug-likeness (QED) is 0.734. The molecule has 0 atom stereocenters. The number of ketones is 1. The number of fused-ring (bicyclic) bond motifs is 1. The minimum atomic E-state index is 0.206. The van der Waals surface area contributed by atoms with E-state index in [2.05, 4.69) is 24.3 Å². The standard InChI is InChI=1S/C18H16O/c19-18-16(11-10-14-6-2-1-3-7-14)13-12-15-8-4-5-9-17(15)18/h1-9,11H,10,12-13H2/b16-11+. The van der Waals surface area contributed by atoms with E-state index in [1.165, 1.54) is 11.1 Å². The smallest absolute Gasteiger partial charge is 0.188 e. The molecule has 0 amide bonds. The number of benzene rings is 2. The van der Waals surface area contributed by atoms with E-state index in [1.807, 2.05) is 36.4 Å². The van der Waals surface area contributed by atoms with Crippen molar-refractivity contribution in [1.29, 1.82) is 0 Å². The number of rotatable bonds is 2. The van der Waals surface area contributed by atoms with E-state index >= 15 is 0 Å². The minimum Gasteiger partial charge on any atom is -0.289 e. The molecule has 2 aromatic rings. The Labute approximate surface area is 113 Å². The summed E-state index contributed by atoms with van der Waals surface area (Å²) in [5.74, 6) is 0.206. The summed E-state index contributed by atoms with van der Waals surface area (Å²) in [6.07, 6.45) is 4.77. The van der Waals surface area contributed by atoms with E-state index in [0.717, 1.165) is 30.4 Å². The Morgan fingerprint density at radius 2 is 1.63 bits per heavy atom. The van der Waals surface area contributed by atoms with Crippen molar-refractivity contribution in [2.75, 3.05) is 0 Å². The van der Waals surface area contributed by atoms with Crippen molar-refractivity contribution in [1.82, 2.24) is 0 Å². The van der Waals surface area contributed by atoms with Gasteiger partial charge in [-0.2, -0.15) is 0 Å². The first-order valence-electron chi connectivity index (χ1n) is 6.70. The Balaban J connectivity index is 1.82. The second kappa shape index (κ2) is 5.23. The lowest BCUT2D eigenvalue weighted by molar-refractivity contribution is 0.102. The molecule has 0 aliphatic heterocycles. The molecule has 0 fully saturated rings. The fourth-order valence-corrected chi connectivity index (χ4v) is 2.57. The molecule has 19 heavy (non-hydrogen) atoms. The summed E-state index contributed by atoms with van der Waals surface area (Å²) < 4.78 is 0. The van der Waals surface area contributed by atoms with Gasteiger partial charge in [-0.25, -0.2) is 0 Å². The predicted molar refractivity (Wildman–Crippen MR) is 77.3 cm³/mol. The van der Waals surface area contributed by atoms with Crippen LogP contribution in [0.2, 0.25) is 0 Å². The highest BCUT2D eigenvalue weighted by Gasteiger charge is 2.20. The van der Waals surface area contributed by atoms with Crippen molar-refractivity contribution in [3.05, 3.63) is 82.9 Å². The van der Waals surface area contributed by atoms with E-state index in [4.69, 9.17) is 0 Å². The molecule has 2 aromatic carbocycles. The average Bonchev–Trinajstić information content (AvgIpc) is 2.48.